The molecule has 3 aromatic rings. The predicted octanol–water partition coefficient (Wildman–Crippen LogP) is 4.83. The number of halogens is 1. The van der Waals surface area contributed by atoms with Gasteiger partial charge in [0.2, 0.25) is 5.91 Å². The molecule has 2 aliphatic heterocycles. The molecule has 7 heteroatoms. The molecule has 6 nitrogen and oxygen atoms in total. The third kappa shape index (κ3) is 4.66. The fraction of sp³-hybridized carbons (Fsp3) is 0.481. The zero-order valence-electron chi connectivity index (χ0n) is 20.2. The van der Waals surface area contributed by atoms with Gasteiger partial charge in [-0.1, -0.05) is 35.9 Å². The number of amides is 1. The quantitative estimate of drug-likeness (QED) is 0.525. The number of para-hydroxylation sites is 3. The van der Waals surface area contributed by atoms with Crippen LogP contribution in [0.25, 0.3) is 11.0 Å². The first kappa shape index (κ1) is 23.2. The summed E-state index contributed by atoms with van der Waals surface area (Å²) in [5, 5.41) is 0.778. The van der Waals surface area contributed by atoms with Crippen molar-refractivity contribution in [1.29, 1.82) is 0 Å². The second-order valence-corrected chi connectivity index (χ2v) is 10.2. The van der Waals surface area contributed by atoms with Crippen LogP contribution in [0, 0.1) is 5.92 Å². The molecular formula is C27H34ClN5O. The largest absolute Gasteiger partial charge is 0.367 e. The minimum absolute atomic E-state index is 0.132. The molecule has 34 heavy (non-hydrogen) atoms. The van der Waals surface area contributed by atoms with Crippen molar-refractivity contribution in [2.75, 3.05) is 44.2 Å². The van der Waals surface area contributed by atoms with E-state index in [-0.39, 0.29) is 5.92 Å². The van der Waals surface area contributed by atoms with Crippen LogP contribution in [0.5, 0.6) is 0 Å². The number of piperidine rings is 1. The Balaban J connectivity index is 1.16. The number of likely N-dealkylation sites (tertiary alicyclic amines) is 1. The second kappa shape index (κ2) is 9.96. The molecule has 0 N–H and O–H groups in total. The van der Waals surface area contributed by atoms with Crippen molar-refractivity contribution >= 4 is 34.2 Å². The Hall–Kier alpha value is -2.57. The lowest BCUT2D eigenvalue weighted by molar-refractivity contribution is -0.137. The number of nitrogens with zero attached hydrogens (tertiary/aromatic N) is 5. The van der Waals surface area contributed by atoms with Crippen LogP contribution >= 0.6 is 11.6 Å². The maximum absolute atomic E-state index is 13.2. The number of rotatable bonds is 5. The smallest absolute Gasteiger partial charge is 0.225 e. The normalized spacial score (nSPS) is 18.2. The van der Waals surface area contributed by atoms with Gasteiger partial charge < -0.3 is 14.4 Å². The molecule has 2 aliphatic rings. The van der Waals surface area contributed by atoms with E-state index < -0.39 is 0 Å². The van der Waals surface area contributed by atoms with Gasteiger partial charge in [-0.05, 0) is 64.0 Å². The third-order valence-electron chi connectivity index (χ3n) is 7.27. The fourth-order valence-electron chi connectivity index (χ4n) is 5.45. The van der Waals surface area contributed by atoms with Gasteiger partial charge in [-0.15, -0.1) is 0 Å². The monoisotopic (exact) mass is 479 g/mol. The van der Waals surface area contributed by atoms with E-state index in [0.29, 0.717) is 11.9 Å². The number of hydrogen-bond donors (Lipinski definition) is 0. The van der Waals surface area contributed by atoms with Crippen molar-refractivity contribution in [3.05, 3.63) is 59.4 Å². The Morgan fingerprint density at radius 1 is 0.971 bits per heavy atom. The van der Waals surface area contributed by atoms with E-state index in [2.05, 4.69) is 63.4 Å². The topological polar surface area (TPSA) is 44.6 Å². The molecule has 0 aliphatic carbocycles. The number of anilines is 1. The molecule has 0 unspecified atom stereocenters. The SMILES string of the molecule is CC(C)n1c(CN2CCC(C(=O)N3CCN(c4ccccc4Cl)CC3)CC2)nc2ccccc21. The Morgan fingerprint density at radius 2 is 1.65 bits per heavy atom. The molecule has 1 aromatic heterocycles. The standard InChI is InChI=1S/C27H34ClN5O/c1-20(2)33-25-10-6-4-8-23(25)29-26(33)19-30-13-11-21(12-14-30)27(34)32-17-15-31(16-18-32)24-9-5-3-7-22(24)28/h3-10,20-21H,11-19H2,1-2H3. The fourth-order valence-corrected chi connectivity index (χ4v) is 5.71. The van der Waals surface area contributed by atoms with Crippen LogP contribution < -0.4 is 4.90 Å². The third-order valence-corrected chi connectivity index (χ3v) is 7.59. The lowest BCUT2D eigenvalue weighted by atomic mass is 9.95. The van der Waals surface area contributed by atoms with Gasteiger partial charge in [0.1, 0.15) is 5.82 Å². The van der Waals surface area contributed by atoms with E-state index in [4.69, 9.17) is 16.6 Å². The Kier molecular flexibility index (Phi) is 6.79. The highest BCUT2D eigenvalue weighted by Gasteiger charge is 2.31. The van der Waals surface area contributed by atoms with Gasteiger partial charge in [0, 0.05) is 38.1 Å². The summed E-state index contributed by atoms with van der Waals surface area (Å²) >= 11 is 6.37. The average Bonchev–Trinajstić information content (AvgIpc) is 3.22. The summed E-state index contributed by atoms with van der Waals surface area (Å²) in [6.45, 7) is 10.4. The van der Waals surface area contributed by atoms with Crippen LogP contribution in [0.3, 0.4) is 0 Å². The van der Waals surface area contributed by atoms with E-state index in [1.807, 2.05) is 18.2 Å². The highest BCUT2D eigenvalue weighted by atomic mass is 35.5. The summed E-state index contributed by atoms with van der Waals surface area (Å²) in [6.07, 6.45) is 1.84. The highest BCUT2D eigenvalue weighted by Crippen LogP contribution is 2.28. The van der Waals surface area contributed by atoms with Crippen LogP contribution in [-0.2, 0) is 11.3 Å². The van der Waals surface area contributed by atoms with E-state index in [1.54, 1.807) is 0 Å². The molecular weight excluding hydrogens is 446 g/mol. The maximum atomic E-state index is 13.2. The minimum atomic E-state index is 0.132. The van der Waals surface area contributed by atoms with Crippen LogP contribution in [0.4, 0.5) is 5.69 Å². The predicted molar refractivity (Wildman–Crippen MR) is 138 cm³/mol. The van der Waals surface area contributed by atoms with E-state index >= 15 is 0 Å². The molecule has 0 bridgehead atoms. The van der Waals surface area contributed by atoms with Crippen molar-refractivity contribution < 1.29 is 4.79 Å². The molecule has 0 saturated carbocycles. The van der Waals surface area contributed by atoms with E-state index in [1.165, 1.54) is 5.52 Å². The van der Waals surface area contributed by atoms with Gasteiger partial charge in [0.15, 0.2) is 0 Å². The Morgan fingerprint density at radius 3 is 2.35 bits per heavy atom. The maximum Gasteiger partial charge on any atom is 0.225 e. The van der Waals surface area contributed by atoms with Crippen molar-refractivity contribution in [3.8, 4) is 0 Å². The minimum Gasteiger partial charge on any atom is -0.367 e. The zero-order chi connectivity index (χ0) is 23.7. The van der Waals surface area contributed by atoms with Crippen molar-refractivity contribution in [2.45, 2.75) is 39.3 Å². The number of carbonyl (C=O) groups excluding carboxylic acids is 1. The molecule has 2 saturated heterocycles. The van der Waals surface area contributed by atoms with Gasteiger partial charge in [-0.3, -0.25) is 9.69 Å². The number of piperazine rings is 1. The molecule has 3 heterocycles. The van der Waals surface area contributed by atoms with Crippen molar-refractivity contribution in [3.63, 3.8) is 0 Å². The summed E-state index contributed by atoms with van der Waals surface area (Å²) in [6, 6.07) is 16.7. The van der Waals surface area contributed by atoms with Crippen molar-refractivity contribution in [2.24, 2.45) is 5.92 Å². The van der Waals surface area contributed by atoms with Gasteiger partial charge in [-0.2, -0.15) is 0 Å². The first-order chi connectivity index (χ1) is 16.5. The molecule has 2 aromatic carbocycles. The summed E-state index contributed by atoms with van der Waals surface area (Å²) < 4.78 is 2.35. The lowest BCUT2D eigenvalue weighted by Gasteiger charge is -2.39. The zero-order valence-corrected chi connectivity index (χ0v) is 20.9. The Labute approximate surface area is 207 Å². The first-order valence-electron chi connectivity index (χ1n) is 12.5. The average molecular weight is 480 g/mol. The van der Waals surface area contributed by atoms with Gasteiger partial charge in [0.05, 0.1) is 28.3 Å². The lowest BCUT2D eigenvalue weighted by Crippen LogP contribution is -2.51. The first-order valence-corrected chi connectivity index (χ1v) is 12.9. The number of benzene rings is 2. The van der Waals surface area contributed by atoms with Gasteiger partial charge >= 0.3 is 0 Å². The number of fused-ring (bicyclic) bond motifs is 1. The summed E-state index contributed by atoms with van der Waals surface area (Å²) in [4.78, 5) is 25.0. The Bertz CT molecular complexity index is 1140. The number of aromatic nitrogens is 2. The summed E-state index contributed by atoms with van der Waals surface area (Å²) in [7, 11) is 0. The van der Waals surface area contributed by atoms with Crippen LogP contribution in [0.2, 0.25) is 5.02 Å². The summed E-state index contributed by atoms with van der Waals surface area (Å²) in [5.41, 5.74) is 3.33. The molecule has 0 atom stereocenters. The van der Waals surface area contributed by atoms with Gasteiger partial charge in [-0.25, -0.2) is 4.98 Å². The molecule has 0 spiro atoms. The van der Waals surface area contributed by atoms with Crippen LogP contribution in [0.15, 0.2) is 48.5 Å². The molecule has 2 fully saturated rings. The second-order valence-electron chi connectivity index (χ2n) is 9.79. The van der Waals surface area contributed by atoms with Gasteiger partial charge in [0.25, 0.3) is 0 Å². The number of carbonyl (C=O) groups is 1. The summed E-state index contributed by atoms with van der Waals surface area (Å²) in [5.74, 6) is 1.58. The van der Waals surface area contributed by atoms with E-state index in [0.717, 1.165) is 80.7 Å². The van der Waals surface area contributed by atoms with Crippen LogP contribution in [0.1, 0.15) is 38.6 Å². The highest BCUT2D eigenvalue weighted by molar-refractivity contribution is 6.33. The van der Waals surface area contributed by atoms with E-state index in [9.17, 15) is 4.79 Å². The molecule has 180 valence electrons. The number of imidazole rings is 1. The van der Waals surface area contributed by atoms with Crippen LogP contribution in [-0.4, -0.2) is 64.5 Å². The number of hydrogen-bond acceptors (Lipinski definition) is 4. The molecule has 0 radical (unpaired) electrons. The molecule has 1 amide bonds. The molecule has 5 rings (SSSR count). The van der Waals surface area contributed by atoms with Crippen molar-refractivity contribution in [1.82, 2.24) is 19.4 Å².